The smallest absolute Gasteiger partial charge is 0.236 e. The summed E-state index contributed by atoms with van der Waals surface area (Å²) < 4.78 is 24.6. The van der Waals surface area contributed by atoms with Crippen molar-refractivity contribution in [2.24, 2.45) is 11.8 Å². The van der Waals surface area contributed by atoms with Gasteiger partial charge in [-0.05, 0) is 38.6 Å². The molecule has 1 saturated carbocycles. The summed E-state index contributed by atoms with van der Waals surface area (Å²) in [6.45, 7) is 4.19. The van der Waals surface area contributed by atoms with Crippen LogP contribution >= 0.6 is 0 Å². The van der Waals surface area contributed by atoms with Gasteiger partial charge in [-0.1, -0.05) is 19.8 Å². The summed E-state index contributed by atoms with van der Waals surface area (Å²) in [6.07, 6.45) is 4.68. The average Bonchev–Trinajstić information content (AvgIpc) is 2.28. The maximum atomic E-state index is 11.6. The standard InChI is InChI=1S/C12H24N2O3S/c1-9-5-4-6-11(7-9)10(2)14-12(15)8-18(16,17)13-3/h9-11,13H,4-8H2,1-3H3,(H,14,15)/t9-,10-,11-/m1/s1. The SMILES string of the molecule is CNS(=O)(=O)CC(=O)N[C@H](C)[C@@H]1CCC[C@@H](C)C1. The second-order valence-corrected chi connectivity index (χ2v) is 7.28. The van der Waals surface area contributed by atoms with Gasteiger partial charge in [-0.25, -0.2) is 13.1 Å². The Morgan fingerprint density at radius 3 is 2.61 bits per heavy atom. The fraction of sp³-hybridized carbons (Fsp3) is 0.917. The van der Waals surface area contributed by atoms with Crippen LogP contribution in [0.5, 0.6) is 0 Å². The van der Waals surface area contributed by atoms with E-state index in [2.05, 4.69) is 17.0 Å². The van der Waals surface area contributed by atoms with E-state index in [9.17, 15) is 13.2 Å². The van der Waals surface area contributed by atoms with Gasteiger partial charge in [-0.3, -0.25) is 4.79 Å². The van der Waals surface area contributed by atoms with Crippen LogP contribution in [0.15, 0.2) is 0 Å². The van der Waals surface area contributed by atoms with Gasteiger partial charge < -0.3 is 5.32 Å². The Hall–Kier alpha value is -0.620. The van der Waals surface area contributed by atoms with Crippen molar-refractivity contribution in [1.82, 2.24) is 10.0 Å². The van der Waals surface area contributed by atoms with Crippen LogP contribution in [0.25, 0.3) is 0 Å². The molecule has 1 rings (SSSR count). The molecule has 0 bridgehead atoms. The number of hydrogen-bond donors (Lipinski definition) is 2. The molecule has 3 atom stereocenters. The molecule has 0 aliphatic heterocycles. The topological polar surface area (TPSA) is 75.3 Å². The van der Waals surface area contributed by atoms with Crippen LogP contribution in [0.1, 0.15) is 39.5 Å². The van der Waals surface area contributed by atoms with E-state index in [0.29, 0.717) is 11.8 Å². The normalized spacial score (nSPS) is 26.6. The van der Waals surface area contributed by atoms with Crippen LogP contribution in [-0.2, 0) is 14.8 Å². The van der Waals surface area contributed by atoms with Crippen LogP contribution in [0.4, 0.5) is 0 Å². The molecular weight excluding hydrogens is 252 g/mol. The first-order valence-electron chi connectivity index (χ1n) is 6.54. The van der Waals surface area contributed by atoms with E-state index in [0.717, 1.165) is 12.8 Å². The van der Waals surface area contributed by atoms with Gasteiger partial charge in [0, 0.05) is 6.04 Å². The van der Waals surface area contributed by atoms with Gasteiger partial charge in [0.2, 0.25) is 15.9 Å². The maximum Gasteiger partial charge on any atom is 0.236 e. The Labute approximate surface area is 110 Å². The summed E-state index contributed by atoms with van der Waals surface area (Å²) in [6, 6.07) is 0.0484. The van der Waals surface area contributed by atoms with Gasteiger partial charge >= 0.3 is 0 Å². The van der Waals surface area contributed by atoms with Crippen LogP contribution in [-0.4, -0.2) is 33.2 Å². The van der Waals surface area contributed by atoms with E-state index in [1.54, 1.807) is 0 Å². The van der Waals surface area contributed by atoms with Crippen molar-refractivity contribution in [3.05, 3.63) is 0 Å². The quantitative estimate of drug-likeness (QED) is 0.782. The van der Waals surface area contributed by atoms with E-state index < -0.39 is 21.7 Å². The van der Waals surface area contributed by atoms with Crippen molar-refractivity contribution >= 4 is 15.9 Å². The lowest BCUT2D eigenvalue weighted by atomic mass is 9.79. The third kappa shape index (κ3) is 4.94. The summed E-state index contributed by atoms with van der Waals surface area (Å²) in [4.78, 5) is 11.6. The summed E-state index contributed by atoms with van der Waals surface area (Å²) >= 11 is 0. The van der Waals surface area contributed by atoms with Gasteiger partial charge in [0.15, 0.2) is 0 Å². The van der Waals surface area contributed by atoms with Gasteiger partial charge in [-0.2, -0.15) is 0 Å². The molecule has 18 heavy (non-hydrogen) atoms. The van der Waals surface area contributed by atoms with Crippen molar-refractivity contribution in [2.75, 3.05) is 12.8 Å². The molecule has 5 nitrogen and oxygen atoms in total. The predicted octanol–water partition coefficient (Wildman–Crippen LogP) is 0.867. The number of carbonyl (C=O) groups excluding carboxylic acids is 1. The minimum Gasteiger partial charge on any atom is -0.352 e. The number of sulfonamides is 1. The molecule has 106 valence electrons. The molecule has 1 aliphatic carbocycles. The highest BCUT2D eigenvalue weighted by Crippen LogP contribution is 2.30. The van der Waals surface area contributed by atoms with Gasteiger partial charge in [-0.15, -0.1) is 0 Å². The second kappa shape index (κ2) is 6.52. The van der Waals surface area contributed by atoms with Crippen LogP contribution in [0.2, 0.25) is 0 Å². The maximum absolute atomic E-state index is 11.6. The van der Waals surface area contributed by atoms with Gasteiger partial charge in [0.25, 0.3) is 0 Å². The lowest BCUT2D eigenvalue weighted by Gasteiger charge is -2.31. The molecule has 0 radical (unpaired) electrons. The zero-order valence-electron chi connectivity index (χ0n) is 11.4. The molecule has 0 aromatic rings. The molecule has 1 fully saturated rings. The number of hydrogen-bond acceptors (Lipinski definition) is 3. The number of carbonyl (C=O) groups is 1. The molecule has 0 aromatic heterocycles. The number of rotatable bonds is 5. The summed E-state index contributed by atoms with van der Waals surface area (Å²) in [7, 11) is -2.15. The minimum atomic E-state index is -3.47. The van der Waals surface area contributed by atoms with E-state index in [4.69, 9.17) is 0 Å². The van der Waals surface area contributed by atoms with Crippen LogP contribution < -0.4 is 10.0 Å². The van der Waals surface area contributed by atoms with Gasteiger partial charge in [0.1, 0.15) is 5.75 Å². The summed E-state index contributed by atoms with van der Waals surface area (Å²) in [5, 5.41) is 2.80. The highest BCUT2D eigenvalue weighted by atomic mass is 32.2. The molecule has 1 aliphatic rings. The molecule has 1 amide bonds. The molecule has 0 unspecified atom stereocenters. The fourth-order valence-corrected chi connectivity index (χ4v) is 3.17. The van der Waals surface area contributed by atoms with E-state index in [-0.39, 0.29) is 6.04 Å². The molecular formula is C12H24N2O3S. The lowest BCUT2D eigenvalue weighted by Crippen LogP contribution is -2.43. The number of amides is 1. The van der Waals surface area contributed by atoms with Crippen LogP contribution in [0.3, 0.4) is 0 Å². The molecule has 0 saturated heterocycles. The van der Waals surface area contributed by atoms with Crippen molar-refractivity contribution in [3.63, 3.8) is 0 Å². The predicted molar refractivity (Wildman–Crippen MR) is 71.6 cm³/mol. The second-order valence-electron chi connectivity index (χ2n) is 5.35. The Kier molecular flexibility index (Phi) is 5.59. The van der Waals surface area contributed by atoms with E-state index >= 15 is 0 Å². The Balaban J connectivity index is 2.44. The first-order chi connectivity index (χ1) is 8.34. The molecule has 0 spiro atoms. The van der Waals surface area contributed by atoms with Crippen molar-refractivity contribution < 1.29 is 13.2 Å². The summed E-state index contributed by atoms with van der Waals surface area (Å²) in [5.41, 5.74) is 0. The van der Waals surface area contributed by atoms with Crippen LogP contribution in [0, 0.1) is 11.8 Å². The Morgan fingerprint density at radius 1 is 1.39 bits per heavy atom. The van der Waals surface area contributed by atoms with Crippen molar-refractivity contribution in [1.29, 1.82) is 0 Å². The highest BCUT2D eigenvalue weighted by Gasteiger charge is 2.25. The lowest BCUT2D eigenvalue weighted by molar-refractivity contribution is -0.119. The Morgan fingerprint density at radius 2 is 2.06 bits per heavy atom. The molecule has 0 aromatic carbocycles. The molecule has 2 N–H and O–H groups in total. The van der Waals surface area contributed by atoms with Gasteiger partial charge in [0.05, 0.1) is 0 Å². The zero-order chi connectivity index (χ0) is 13.8. The van der Waals surface area contributed by atoms with E-state index in [1.807, 2.05) is 6.92 Å². The molecule has 6 heteroatoms. The third-order valence-corrected chi connectivity index (χ3v) is 4.97. The minimum absolute atomic E-state index is 0.0484. The highest BCUT2D eigenvalue weighted by molar-refractivity contribution is 7.90. The average molecular weight is 276 g/mol. The van der Waals surface area contributed by atoms with Crippen molar-refractivity contribution in [2.45, 2.75) is 45.6 Å². The summed E-state index contributed by atoms with van der Waals surface area (Å²) in [5.74, 6) is 0.255. The number of nitrogens with one attached hydrogen (secondary N) is 2. The first-order valence-corrected chi connectivity index (χ1v) is 8.20. The fourth-order valence-electron chi connectivity index (χ4n) is 2.59. The first kappa shape index (κ1) is 15.4. The Bertz CT molecular complexity index is 381. The third-order valence-electron chi connectivity index (χ3n) is 3.70. The largest absolute Gasteiger partial charge is 0.352 e. The van der Waals surface area contributed by atoms with Crippen molar-refractivity contribution in [3.8, 4) is 0 Å². The van der Waals surface area contributed by atoms with E-state index in [1.165, 1.54) is 19.9 Å². The zero-order valence-corrected chi connectivity index (χ0v) is 12.2. The monoisotopic (exact) mass is 276 g/mol. The molecule has 0 heterocycles.